The van der Waals surface area contributed by atoms with Crippen LogP contribution >= 0.6 is 11.6 Å². The molecule has 0 spiro atoms. The van der Waals surface area contributed by atoms with Crippen molar-refractivity contribution in [1.29, 1.82) is 5.26 Å². The van der Waals surface area contributed by atoms with Crippen molar-refractivity contribution < 1.29 is 9.13 Å². The van der Waals surface area contributed by atoms with Gasteiger partial charge in [-0.25, -0.2) is 4.39 Å². The van der Waals surface area contributed by atoms with Crippen molar-refractivity contribution >= 4 is 11.6 Å². The minimum absolute atomic E-state index is 0.0644. The van der Waals surface area contributed by atoms with Crippen molar-refractivity contribution in [3.05, 3.63) is 41.2 Å². The second-order valence-electron chi connectivity index (χ2n) is 3.85. The molecule has 1 aromatic carbocycles. The fraction of sp³-hybridized carbons (Fsp3) is 0.250. The molecule has 0 unspecified atom stereocenters. The van der Waals surface area contributed by atoms with Crippen molar-refractivity contribution in [3.8, 4) is 11.8 Å². The van der Waals surface area contributed by atoms with Gasteiger partial charge in [-0.15, -0.1) is 0 Å². The number of hydrogen-bond acceptors (Lipinski definition) is 3. The Morgan fingerprint density at radius 3 is 2.76 bits per heavy atom. The first-order chi connectivity index (χ1) is 8.10. The van der Waals surface area contributed by atoms with Crippen molar-refractivity contribution in [1.82, 2.24) is 5.32 Å². The first kappa shape index (κ1) is 11.9. The lowest BCUT2D eigenvalue weighted by Gasteiger charge is -2.40. The van der Waals surface area contributed by atoms with Crippen LogP contribution in [0.4, 0.5) is 4.39 Å². The zero-order valence-corrected chi connectivity index (χ0v) is 9.72. The van der Waals surface area contributed by atoms with Crippen LogP contribution in [0.15, 0.2) is 24.8 Å². The smallest absolute Gasteiger partial charge is 0.152 e. The highest BCUT2D eigenvalue weighted by atomic mass is 35.5. The number of nitrogens with one attached hydrogen (secondary N) is 1. The largest absolute Gasteiger partial charge is 0.479 e. The van der Waals surface area contributed by atoms with Crippen LogP contribution in [0.25, 0.3) is 0 Å². The molecule has 0 aromatic heterocycles. The van der Waals surface area contributed by atoms with Gasteiger partial charge in [0.1, 0.15) is 17.6 Å². The molecule has 1 aromatic rings. The van der Waals surface area contributed by atoms with Gasteiger partial charge in [0.25, 0.3) is 0 Å². The first-order valence-corrected chi connectivity index (χ1v) is 5.40. The zero-order valence-electron chi connectivity index (χ0n) is 8.96. The Balaban J connectivity index is 2.35. The summed E-state index contributed by atoms with van der Waals surface area (Å²) in [5, 5.41) is 11.9. The third-order valence-corrected chi connectivity index (χ3v) is 2.97. The highest BCUT2D eigenvalue weighted by Crippen LogP contribution is 2.30. The minimum Gasteiger partial charge on any atom is -0.479 e. The van der Waals surface area contributed by atoms with Gasteiger partial charge in [-0.2, -0.15) is 5.26 Å². The molecule has 0 bridgehead atoms. The van der Waals surface area contributed by atoms with E-state index in [1.807, 2.05) is 6.07 Å². The molecule has 0 amide bonds. The molecule has 1 N–H and O–H groups in total. The molecule has 3 nitrogen and oxygen atoms in total. The third-order valence-electron chi connectivity index (χ3n) is 2.68. The van der Waals surface area contributed by atoms with Crippen molar-refractivity contribution in [2.24, 2.45) is 0 Å². The van der Waals surface area contributed by atoms with Crippen LogP contribution in [0.3, 0.4) is 0 Å². The van der Waals surface area contributed by atoms with Gasteiger partial charge in [0.15, 0.2) is 5.60 Å². The monoisotopic (exact) mass is 252 g/mol. The molecule has 2 rings (SSSR count). The van der Waals surface area contributed by atoms with E-state index in [0.717, 1.165) is 6.07 Å². The van der Waals surface area contributed by atoms with Gasteiger partial charge in [-0.05, 0) is 12.1 Å². The van der Waals surface area contributed by atoms with E-state index in [1.54, 1.807) is 6.08 Å². The van der Waals surface area contributed by atoms with E-state index in [-0.39, 0.29) is 16.3 Å². The molecule has 1 aliphatic heterocycles. The van der Waals surface area contributed by atoms with Crippen LogP contribution < -0.4 is 10.1 Å². The molecule has 0 aliphatic carbocycles. The Morgan fingerprint density at radius 1 is 1.59 bits per heavy atom. The van der Waals surface area contributed by atoms with Gasteiger partial charge in [0.2, 0.25) is 0 Å². The number of ether oxygens (including phenoxy) is 1. The summed E-state index contributed by atoms with van der Waals surface area (Å²) in [6, 6.07) is 4.27. The molecule has 0 saturated carbocycles. The number of rotatable bonds is 3. The van der Waals surface area contributed by atoms with Crippen molar-refractivity contribution in [2.75, 3.05) is 13.1 Å². The molecule has 1 fully saturated rings. The summed E-state index contributed by atoms with van der Waals surface area (Å²) in [5.41, 5.74) is -0.410. The maximum atomic E-state index is 13.2. The first-order valence-electron chi connectivity index (χ1n) is 5.03. The van der Waals surface area contributed by atoms with Crippen LogP contribution in [0.2, 0.25) is 5.02 Å². The Labute approximate surface area is 103 Å². The van der Waals surface area contributed by atoms with E-state index in [1.165, 1.54) is 6.07 Å². The van der Waals surface area contributed by atoms with Crippen LogP contribution in [-0.4, -0.2) is 18.7 Å². The molecule has 1 aliphatic rings. The lowest BCUT2D eigenvalue weighted by Crippen LogP contribution is -2.61. The second-order valence-corrected chi connectivity index (χ2v) is 4.26. The van der Waals surface area contributed by atoms with E-state index in [0.29, 0.717) is 13.1 Å². The predicted octanol–water partition coefficient (Wildman–Crippen LogP) is 2.26. The predicted molar refractivity (Wildman–Crippen MR) is 62.6 cm³/mol. The third kappa shape index (κ3) is 2.12. The van der Waals surface area contributed by atoms with E-state index < -0.39 is 11.4 Å². The molecule has 0 radical (unpaired) electrons. The van der Waals surface area contributed by atoms with Crippen molar-refractivity contribution in [2.45, 2.75) is 5.60 Å². The summed E-state index contributed by atoms with van der Waals surface area (Å²) in [4.78, 5) is 0. The number of hydrogen-bond donors (Lipinski definition) is 1. The molecule has 88 valence electrons. The maximum absolute atomic E-state index is 13.2. The Hall–Kier alpha value is -1.57. The zero-order chi connectivity index (χ0) is 12.5. The topological polar surface area (TPSA) is 45.0 Å². The van der Waals surface area contributed by atoms with E-state index in [4.69, 9.17) is 21.6 Å². The minimum atomic E-state index is -0.630. The lowest BCUT2D eigenvalue weighted by molar-refractivity contribution is 0.0636. The summed E-state index contributed by atoms with van der Waals surface area (Å²) in [5.74, 6) is -0.352. The van der Waals surface area contributed by atoms with Gasteiger partial charge in [0, 0.05) is 19.2 Å². The average molecular weight is 253 g/mol. The van der Waals surface area contributed by atoms with Crippen LogP contribution in [0, 0.1) is 17.1 Å². The molecule has 17 heavy (non-hydrogen) atoms. The number of halogens is 2. The SMILES string of the molecule is C=CC1(Oc2cc(Cl)c(F)cc2C#N)CNC1. The van der Waals surface area contributed by atoms with Gasteiger partial charge >= 0.3 is 0 Å². The van der Waals surface area contributed by atoms with Crippen LogP contribution in [0.5, 0.6) is 5.75 Å². The summed E-state index contributed by atoms with van der Waals surface area (Å²) < 4.78 is 18.9. The molecule has 1 heterocycles. The molecular weight excluding hydrogens is 243 g/mol. The van der Waals surface area contributed by atoms with Crippen LogP contribution in [0.1, 0.15) is 5.56 Å². The summed E-state index contributed by atoms with van der Waals surface area (Å²) in [6.45, 7) is 4.91. The fourth-order valence-corrected chi connectivity index (χ4v) is 1.70. The number of benzene rings is 1. The lowest BCUT2D eigenvalue weighted by atomic mass is 9.97. The van der Waals surface area contributed by atoms with E-state index >= 15 is 0 Å². The number of nitriles is 1. The maximum Gasteiger partial charge on any atom is 0.152 e. The summed E-state index contributed by atoms with van der Waals surface area (Å²) in [7, 11) is 0. The quantitative estimate of drug-likeness (QED) is 0.840. The number of nitrogens with zero attached hydrogens (tertiary/aromatic N) is 1. The standard InChI is InChI=1S/C12H10ClFN2O/c1-2-12(6-16-7-12)17-11-4-9(13)10(14)3-8(11)5-15/h2-4,16H,1,6-7H2. The van der Waals surface area contributed by atoms with Crippen LogP contribution in [-0.2, 0) is 0 Å². The molecule has 5 heteroatoms. The Morgan fingerprint density at radius 2 is 2.29 bits per heavy atom. The molecule has 1 saturated heterocycles. The fourth-order valence-electron chi connectivity index (χ4n) is 1.55. The normalized spacial score (nSPS) is 16.8. The second kappa shape index (κ2) is 4.36. The van der Waals surface area contributed by atoms with Gasteiger partial charge in [-0.1, -0.05) is 18.2 Å². The molecular formula is C12H10ClFN2O. The summed E-state index contributed by atoms with van der Waals surface area (Å²) in [6.07, 6.45) is 1.67. The highest BCUT2D eigenvalue weighted by molar-refractivity contribution is 6.30. The van der Waals surface area contributed by atoms with Gasteiger partial charge in [0.05, 0.1) is 10.6 Å². The molecule has 0 atom stereocenters. The van der Waals surface area contributed by atoms with Gasteiger partial charge < -0.3 is 10.1 Å². The average Bonchev–Trinajstić information content (AvgIpc) is 2.27. The summed E-state index contributed by atoms with van der Waals surface area (Å²) >= 11 is 5.67. The van der Waals surface area contributed by atoms with Crippen molar-refractivity contribution in [3.63, 3.8) is 0 Å². The highest BCUT2D eigenvalue weighted by Gasteiger charge is 2.36. The van der Waals surface area contributed by atoms with E-state index in [2.05, 4.69) is 11.9 Å². The Kier molecular flexibility index (Phi) is 3.05. The van der Waals surface area contributed by atoms with Gasteiger partial charge in [-0.3, -0.25) is 0 Å². The van der Waals surface area contributed by atoms with E-state index in [9.17, 15) is 4.39 Å². The Bertz CT molecular complexity index is 506.